The van der Waals surface area contributed by atoms with Crippen molar-refractivity contribution in [1.82, 2.24) is 13.9 Å². The predicted octanol–water partition coefficient (Wildman–Crippen LogP) is -0.655. The zero-order chi connectivity index (χ0) is 12.3. The highest BCUT2D eigenvalue weighted by atomic mass is 32.2. The van der Waals surface area contributed by atoms with E-state index in [9.17, 15) is 13.2 Å². The van der Waals surface area contributed by atoms with Gasteiger partial charge in [-0.05, 0) is 18.2 Å². The summed E-state index contributed by atoms with van der Waals surface area (Å²) in [5.41, 5.74) is 0. The van der Waals surface area contributed by atoms with Crippen molar-refractivity contribution in [3.63, 3.8) is 0 Å². The van der Waals surface area contributed by atoms with Crippen LogP contribution in [0.25, 0.3) is 0 Å². The molecule has 2 N–H and O–H groups in total. The zero-order valence-electron chi connectivity index (χ0n) is 9.04. The van der Waals surface area contributed by atoms with Gasteiger partial charge in [-0.2, -0.15) is 22.9 Å². The smallest absolute Gasteiger partial charge is 0.512 e. The van der Waals surface area contributed by atoms with Gasteiger partial charge in [-0.25, -0.2) is 0 Å². The van der Waals surface area contributed by atoms with Crippen LogP contribution in [0, 0.1) is 0 Å². The van der Waals surface area contributed by atoms with Crippen molar-refractivity contribution in [1.29, 1.82) is 0 Å². The highest BCUT2D eigenvalue weighted by molar-refractivity contribution is 7.88. The molecule has 2 rings (SSSR count). The maximum absolute atomic E-state index is 11.6. The molecule has 0 aliphatic heterocycles. The van der Waals surface area contributed by atoms with E-state index in [4.69, 9.17) is 0 Å². The van der Waals surface area contributed by atoms with Crippen LogP contribution in [0.15, 0.2) is 49.1 Å². The van der Waals surface area contributed by atoms with Gasteiger partial charge in [0.15, 0.2) is 0 Å². The van der Waals surface area contributed by atoms with Crippen molar-refractivity contribution in [3.8, 4) is 0 Å². The Labute approximate surface area is 103 Å². The van der Waals surface area contributed by atoms with Crippen LogP contribution in [0.2, 0.25) is 0 Å². The van der Waals surface area contributed by atoms with Crippen LogP contribution in [-0.4, -0.2) is 29.1 Å². The maximum Gasteiger partial charge on any atom is 0.512 e. The molecule has 0 aliphatic carbocycles. The molecular weight excluding hydrogens is 260 g/mol. The summed E-state index contributed by atoms with van der Waals surface area (Å²) in [6.07, 6.45) is 5.41. The first-order chi connectivity index (χ1) is 8.09. The van der Waals surface area contributed by atoms with Crippen molar-refractivity contribution in [2.45, 2.75) is 0 Å². The SMILES string of the molecule is O=C(NS(=O)(=O)n1cccn1)[n+]1ccccc1.[OH-]. The van der Waals surface area contributed by atoms with E-state index in [1.807, 2.05) is 4.72 Å². The van der Waals surface area contributed by atoms with Crippen molar-refractivity contribution < 1.29 is 23.3 Å². The molecule has 2 aromatic heterocycles. The lowest BCUT2D eigenvalue weighted by Gasteiger charge is -1.99. The lowest BCUT2D eigenvalue weighted by atomic mass is 10.5. The molecule has 1 amide bonds. The minimum Gasteiger partial charge on any atom is -0.870 e. The van der Waals surface area contributed by atoms with Crippen LogP contribution < -0.4 is 9.29 Å². The number of hydrogen-bond acceptors (Lipinski definition) is 5. The lowest BCUT2D eigenvalue weighted by molar-refractivity contribution is -0.570. The number of carbonyl (C=O) groups is 1. The van der Waals surface area contributed by atoms with Crippen LogP contribution in [0.3, 0.4) is 0 Å². The minimum atomic E-state index is -3.98. The van der Waals surface area contributed by atoms with E-state index < -0.39 is 16.2 Å². The number of hydrogen-bond donors (Lipinski definition) is 1. The number of amides is 1. The molecule has 9 heteroatoms. The summed E-state index contributed by atoms with van der Waals surface area (Å²) in [6, 6.07) is 5.60. The Kier molecular flexibility index (Phi) is 4.13. The van der Waals surface area contributed by atoms with Gasteiger partial charge in [0.25, 0.3) is 0 Å². The zero-order valence-corrected chi connectivity index (χ0v) is 9.86. The van der Waals surface area contributed by atoms with E-state index in [0.29, 0.717) is 4.09 Å². The fraction of sp³-hybridized carbons (Fsp3) is 0. The predicted molar refractivity (Wildman–Crippen MR) is 59.0 cm³/mol. The molecular formula is C9H10N4O4S. The first-order valence-corrected chi connectivity index (χ1v) is 6.07. The minimum absolute atomic E-state index is 0. The van der Waals surface area contributed by atoms with Gasteiger partial charge in [-0.3, -0.25) is 0 Å². The summed E-state index contributed by atoms with van der Waals surface area (Å²) < 4.78 is 26.9. The van der Waals surface area contributed by atoms with Gasteiger partial charge in [-0.15, -0.1) is 8.81 Å². The van der Waals surface area contributed by atoms with E-state index in [-0.39, 0.29) is 5.48 Å². The van der Waals surface area contributed by atoms with Crippen LogP contribution >= 0.6 is 0 Å². The molecule has 0 aromatic carbocycles. The van der Waals surface area contributed by atoms with Crippen molar-refractivity contribution in [2.75, 3.05) is 0 Å². The number of nitrogens with zero attached hydrogens (tertiary/aromatic N) is 3. The molecule has 0 atom stereocenters. The molecule has 2 heterocycles. The number of nitrogens with one attached hydrogen (secondary N) is 1. The molecule has 0 unspecified atom stereocenters. The summed E-state index contributed by atoms with van der Waals surface area (Å²) in [5, 5.41) is 3.54. The Morgan fingerprint density at radius 1 is 1.17 bits per heavy atom. The van der Waals surface area contributed by atoms with Gasteiger partial charge in [0, 0.05) is 6.20 Å². The van der Waals surface area contributed by atoms with Crippen LogP contribution in [-0.2, 0) is 10.2 Å². The Balaban J connectivity index is 0.00000162. The number of aromatic nitrogens is 3. The molecule has 0 bridgehead atoms. The summed E-state index contributed by atoms with van der Waals surface area (Å²) in [5.74, 6) is 0. The van der Waals surface area contributed by atoms with Gasteiger partial charge < -0.3 is 5.48 Å². The Morgan fingerprint density at radius 3 is 2.39 bits per heavy atom. The fourth-order valence-corrected chi connectivity index (χ4v) is 1.97. The van der Waals surface area contributed by atoms with Gasteiger partial charge >= 0.3 is 16.2 Å². The summed E-state index contributed by atoms with van der Waals surface area (Å²) in [6.45, 7) is 0. The normalized spacial score (nSPS) is 10.4. The average molecular weight is 270 g/mol. The Hall–Kier alpha value is -2.26. The van der Waals surface area contributed by atoms with E-state index in [2.05, 4.69) is 5.10 Å². The molecule has 0 spiro atoms. The summed E-state index contributed by atoms with van der Waals surface area (Å²) in [7, 11) is -3.98. The molecule has 0 fully saturated rings. The van der Waals surface area contributed by atoms with Crippen LogP contribution in [0.1, 0.15) is 0 Å². The lowest BCUT2D eigenvalue weighted by Crippen LogP contribution is -2.52. The summed E-state index contributed by atoms with van der Waals surface area (Å²) >= 11 is 0. The number of rotatable bonds is 2. The van der Waals surface area contributed by atoms with Crippen molar-refractivity contribution in [3.05, 3.63) is 49.1 Å². The second kappa shape index (κ2) is 5.38. The Morgan fingerprint density at radius 2 is 1.83 bits per heavy atom. The molecule has 2 aromatic rings. The highest BCUT2D eigenvalue weighted by Gasteiger charge is 2.25. The largest absolute Gasteiger partial charge is 0.870 e. The first kappa shape index (κ1) is 13.8. The maximum atomic E-state index is 11.6. The van der Waals surface area contributed by atoms with Gasteiger partial charge in [0.2, 0.25) is 0 Å². The first-order valence-electron chi connectivity index (χ1n) is 4.63. The molecule has 0 aliphatic rings. The van der Waals surface area contributed by atoms with E-state index in [1.165, 1.54) is 30.9 Å². The fourth-order valence-electron chi connectivity index (χ4n) is 1.14. The molecule has 96 valence electrons. The molecule has 8 nitrogen and oxygen atoms in total. The Bertz CT molecular complexity index is 609. The van der Waals surface area contributed by atoms with E-state index in [0.717, 1.165) is 4.57 Å². The second-order valence-electron chi connectivity index (χ2n) is 3.07. The number of carbonyl (C=O) groups excluding carboxylic acids is 1. The highest BCUT2D eigenvalue weighted by Crippen LogP contribution is 1.90. The molecule has 18 heavy (non-hydrogen) atoms. The van der Waals surface area contributed by atoms with Crippen LogP contribution in [0.4, 0.5) is 4.79 Å². The van der Waals surface area contributed by atoms with Gasteiger partial charge in [0.05, 0.1) is 18.6 Å². The van der Waals surface area contributed by atoms with Gasteiger partial charge in [-0.1, -0.05) is 6.07 Å². The molecule has 0 saturated heterocycles. The topological polar surface area (TPSA) is 115 Å². The molecule has 0 radical (unpaired) electrons. The van der Waals surface area contributed by atoms with Crippen molar-refractivity contribution >= 4 is 16.2 Å². The number of pyridine rings is 1. The van der Waals surface area contributed by atoms with Gasteiger partial charge in [0.1, 0.15) is 0 Å². The third-order valence-corrected chi connectivity index (χ3v) is 3.03. The second-order valence-corrected chi connectivity index (χ2v) is 4.60. The third-order valence-electron chi connectivity index (χ3n) is 1.89. The van der Waals surface area contributed by atoms with E-state index in [1.54, 1.807) is 18.2 Å². The summed E-state index contributed by atoms with van der Waals surface area (Å²) in [4.78, 5) is 11.6. The van der Waals surface area contributed by atoms with Crippen molar-refractivity contribution in [2.24, 2.45) is 0 Å². The van der Waals surface area contributed by atoms with E-state index >= 15 is 0 Å². The third kappa shape index (κ3) is 2.90. The quantitative estimate of drug-likeness (QED) is 0.728. The monoisotopic (exact) mass is 270 g/mol. The average Bonchev–Trinajstić information content (AvgIpc) is 2.84. The van der Waals surface area contributed by atoms with Crippen LogP contribution in [0.5, 0.6) is 0 Å². The standard InChI is InChI=1S/C9H8N4O3S.H2O/c14-9(12-6-2-1-3-7-12)11-17(15,16)13-8-4-5-10-13;/h1-8H;1H2. The molecule has 0 saturated carbocycles.